The monoisotopic (exact) mass is 260 g/mol. The second kappa shape index (κ2) is 5.05. The molecule has 2 rings (SSSR count). The smallest absolute Gasteiger partial charge is 0.161 e. The van der Waals surface area contributed by atoms with Crippen LogP contribution in [-0.2, 0) is 6.42 Å². The van der Waals surface area contributed by atoms with Gasteiger partial charge in [0.25, 0.3) is 0 Å². The molecule has 0 aliphatic heterocycles. The molecule has 0 saturated heterocycles. The summed E-state index contributed by atoms with van der Waals surface area (Å²) >= 11 is 0. The molecule has 2 N–H and O–H groups in total. The van der Waals surface area contributed by atoms with Crippen molar-refractivity contribution in [1.29, 1.82) is 0 Å². The van der Waals surface area contributed by atoms with Crippen LogP contribution in [0.2, 0.25) is 0 Å². The zero-order chi connectivity index (χ0) is 14.0. The molecule has 4 nitrogen and oxygen atoms in total. The molecule has 0 fully saturated rings. The molecule has 1 aromatic heterocycles. The summed E-state index contributed by atoms with van der Waals surface area (Å²) in [5, 5.41) is 2.13. The summed E-state index contributed by atoms with van der Waals surface area (Å²) in [5.74, 6) is 1.43. The van der Waals surface area contributed by atoms with Gasteiger partial charge in [0.15, 0.2) is 11.5 Å². The van der Waals surface area contributed by atoms with Gasteiger partial charge in [0.1, 0.15) is 0 Å². The van der Waals surface area contributed by atoms with Gasteiger partial charge < -0.3 is 15.2 Å². The lowest BCUT2D eigenvalue weighted by molar-refractivity contribution is 0.356. The average molecular weight is 260 g/mol. The van der Waals surface area contributed by atoms with Crippen molar-refractivity contribution in [3.05, 3.63) is 30.1 Å². The minimum absolute atomic E-state index is 0.297. The van der Waals surface area contributed by atoms with Gasteiger partial charge in [-0.25, -0.2) is 0 Å². The molecule has 2 aromatic rings. The van der Waals surface area contributed by atoms with Crippen molar-refractivity contribution in [2.24, 2.45) is 5.73 Å². The maximum absolute atomic E-state index is 6.09. The summed E-state index contributed by atoms with van der Waals surface area (Å²) in [6.45, 7) is 3.99. The minimum Gasteiger partial charge on any atom is -0.493 e. The van der Waals surface area contributed by atoms with Crippen molar-refractivity contribution in [1.82, 2.24) is 4.98 Å². The van der Waals surface area contributed by atoms with E-state index in [9.17, 15) is 0 Å². The number of methoxy groups -OCH3 is 2. The van der Waals surface area contributed by atoms with E-state index in [-0.39, 0.29) is 5.54 Å². The Labute approximate surface area is 113 Å². The largest absolute Gasteiger partial charge is 0.493 e. The fourth-order valence-corrected chi connectivity index (χ4v) is 2.13. The zero-order valence-electron chi connectivity index (χ0n) is 11.9. The number of benzene rings is 1. The van der Waals surface area contributed by atoms with Gasteiger partial charge in [-0.2, -0.15) is 0 Å². The van der Waals surface area contributed by atoms with Crippen molar-refractivity contribution < 1.29 is 9.47 Å². The third-order valence-corrected chi connectivity index (χ3v) is 2.97. The lowest BCUT2D eigenvalue weighted by atomic mass is 9.96. The fraction of sp³-hybridized carbons (Fsp3) is 0.400. The highest BCUT2D eigenvalue weighted by molar-refractivity contribution is 5.88. The predicted molar refractivity (Wildman–Crippen MR) is 76.8 cm³/mol. The molecule has 0 atom stereocenters. The van der Waals surface area contributed by atoms with Crippen LogP contribution < -0.4 is 15.2 Å². The van der Waals surface area contributed by atoms with E-state index in [1.54, 1.807) is 20.4 Å². The van der Waals surface area contributed by atoms with E-state index in [0.717, 1.165) is 22.2 Å². The van der Waals surface area contributed by atoms with Gasteiger partial charge in [0.2, 0.25) is 0 Å². The Kier molecular flexibility index (Phi) is 3.62. The molecule has 4 heteroatoms. The van der Waals surface area contributed by atoms with Crippen molar-refractivity contribution in [3.63, 3.8) is 0 Å². The third-order valence-electron chi connectivity index (χ3n) is 2.97. The second-order valence-electron chi connectivity index (χ2n) is 5.35. The van der Waals surface area contributed by atoms with Gasteiger partial charge in [-0.15, -0.1) is 0 Å². The quantitative estimate of drug-likeness (QED) is 0.917. The van der Waals surface area contributed by atoms with Crippen LogP contribution in [0.25, 0.3) is 10.8 Å². The standard InChI is InChI=1S/C15H20N2O2/c1-15(2,16)9-12-11-8-14(19-4)13(18-3)7-10(11)5-6-17-12/h5-8H,9,16H2,1-4H3. The lowest BCUT2D eigenvalue weighted by Crippen LogP contribution is -2.34. The van der Waals surface area contributed by atoms with Gasteiger partial charge >= 0.3 is 0 Å². The second-order valence-corrected chi connectivity index (χ2v) is 5.35. The van der Waals surface area contributed by atoms with Crippen molar-refractivity contribution in [3.8, 4) is 11.5 Å². The van der Waals surface area contributed by atoms with Crippen LogP contribution in [0.3, 0.4) is 0 Å². The van der Waals surface area contributed by atoms with Crippen LogP contribution in [0, 0.1) is 0 Å². The van der Waals surface area contributed by atoms with E-state index in [4.69, 9.17) is 15.2 Å². The first-order valence-corrected chi connectivity index (χ1v) is 6.23. The molecule has 0 bridgehead atoms. The number of rotatable bonds is 4. The van der Waals surface area contributed by atoms with E-state index < -0.39 is 0 Å². The Hall–Kier alpha value is -1.81. The van der Waals surface area contributed by atoms with E-state index in [1.165, 1.54) is 0 Å². The molecule has 0 saturated carbocycles. The summed E-state index contributed by atoms with van der Waals surface area (Å²) in [6.07, 6.45) is 2.51. The van der Waals surface area contributed by atoms with Crippen LogP contribution in [0.4, 0.5) is 0 Å². The molecule has 0 radical (unpaired) electrons. The zero-order valence-corrected chi connectivity index (χ0v) is 11.9. The van der Waals surface area contributed by atoms with Gasteiger partial charge in [-0.1, -0.05) is 0 Å². The highest BCUT2D eigenvalue weighted by atomic mass is 16.5. The first kappa shape index (κ1) is 13.6. The maximum Gasteiger partial charge on any atom is 0.161 e. The highest BCUT2D eigenvalue weighted by Gasteiger charge is 2.16. The number of hydrogen-bond acceptors (Lipinski definition) is 4. The molecule has 1 aromatic carbocycles. The Balaban J connectivity index is 2.60. The molecule has 1 heterocycles. The normalized spacial score (nSPS) is 11.6. The summed E-state index contributed by atoms with van der Waals surface area (Å²) in [6, 6.07) is 5.88. The van der Waals surface area contributed by atoms with E-state index in [0.29, 0.717) is 12.2 Å². The molecule has 0 unspecified atom stereocenters. The van der Waals surface area contributed by atoms with E-state index in [1.807, 2.05) is 32.0 Å². The summed E-state index contributed by atoms with van der Waals surface area (Å²) in [4.78, 5) is 4.45. The first-order valence-electron chi connectivity index (χ1n) is 6.23. The molecule has 102 valence electrons. The van der Waals surface area contributed by atoms with Gasteiger partial charge in [0, 0.05) is 23.5 Å². The average Bonchev–Trinajstić information content (AvgIpc) is 2.35. The minimum atomic E-state index is -0.297. The van der Waals surface area contributed by atoms with Crippen LogP contribution >= 0.6 is 0 Å². The Morgan fingerprint density at radius 2 is 1.79 bits per heavy atom. The Morgan fingerprint density at radius 3 is 2.37 bits per heavy atom. The summed E-state index contributed by atoms with van der Waals surface area (Å²) in [7, 11) is 3.27. The number of hydrogen-bond donors (Lipinski definition) is 1. The Morgan fingerprint density at radius 1 is 1.16 bits per heavy atom. The number of nitrogens with zero attached hydrogens (tertiary/aromatic N) is 1. The summed E-state index contributed by atoms with van der Waals surface area (Å²) in [5.41, 5.74) is 6.77. The van der Waals surface area contributed by atoms with E-state index in [2.05, 4.69) is 4.98 Å². The molecule has 19 heavy (non-hydrogen) atoms. The Bertz CT molecular complexity index is 588. The topological polar surface area (TPSA) is 57.4 Å². The molecule has 0 aliphatic carbocycles. The van der Waals surface area contributed by atoms with Crippen LogP contribution in [0.15, 0.2) is 24.4 Å². The molecule has 0 spiro atoms. The van der Waals surface area contributed by atoms with Gasteiger partial charge in [0.05, 0.1) is 19.9 Å². The van der Waals surface area contributed by atoms with Crippen molar-refractivity contribution in [2.45, 2.75) is 25.8 Å². The van der Waals surface area contributed by atoms with Gasteiger partial charge in [-0.05, 0) is 37.4 Å². The SMILES string of the molecule is COc1cc2ccnc(CC(C)(C)N)c2cc1OC. The number of nitrogens with two attached hydrogens (primary N) is 1. The molecular weight excluding hydrogens is 240 g/mol. The number of pyridine rings is 1. The molecular formula is C15H20N2O2. The first-order chi connectivity index (χ1) is 8.94. The van der Waals surface area contributed by atoms with Crippen LogP contribution in [-0.4, -0.2) is 24.7 Å². The molecule has 0 amide bonds. The van der Waals surface area contributed by atoms with E-state index >= 15 is 0 Å². The van der Waals surface area contributed by atoms with Crippen LogP contribution in [0.1, 0.15) is 19.5 Å². The number of aromatic nitrogens is 1. The predicted octanol–water partition coefficient (Wildman–Crippen LogP) is 2.53. The maximum atomic E-state index is 6.09. The van der Waals surface area contributed by atoms with Crippen molar-refractivity contribution >= 4 is 10.8 Å². The molecule has 0 aliphatic rings. The number of fused-ring (bicyclic) bond motifs is 1. The summed E-state index contributed by atoms with van der Waals surface area (Å²) < 4.78 is 10.7. The lowest BCUT2D eigenvalue weighted by Gasteiger charge is -2.19. The van der Waals surface area contributed by atoms with Gasteiger partial charge in [-0.3, -0.25) is 4.98 Å². The highest BCUT2D eigenvalue weighted by Crippen LogP contribution is 2.33. The van der Waals surface area contributed by atoms with Crippen molar-refractivity contribution in [2.75, 3.05) is 14.2 Å². The third kappa shape index (κ3) is 2.96. The van der Waals surface area contributed by atoms with Crippen LogP contribution in [0.5, 0.6) is 11.5 Å². The fourth-order valence-electron chi connectivity index (χ4n) is 2.13. The number of ether oxygens (including phenoxy) is 2.